The molecule has 3 rings (SSSR count). The number of piperazine rings is 1. The van der Waals surface area contributed by atoms with Crippen molar-refractivity contribution < 1.29 is 4.74 Å². The van der Waals surface area contributed by atoms with Crippen LogP contribution >= 0.6 is 11.6 Å². The number of benzene rings is 2. The Bertz CT molecular complexity index is 740. The number of ether oxygens (including phenoxy) is 1. The van der Waals surface area contributed by atoms with E-state index >= 15 is 0 Å². The Morgan fingerprint density at radius 3 is 2.35 bits per heavy atom. The minimum absolute atomic E-state index is 0.572. The van der Waals surface area contributed by atoms with Gasteiger partial charge in [-0.15, -0.1) is 0 Å². The Morgan fingerprint density at radius 1 is 1.04 bits per heavy atom. The molecule has 26 heavy (non-hydrogen) atoms. The van der Waals surface area contributed by atoms with Crippen LogP contribution in [0, 0.1) is 0 Å². The van der Waals surface area contributed by atoms with Crippen molar-refractivity contribution in [2.75, 3.05) is 38.2 Å². The van der Waals surface area contributed by atoms with Crippen LogP contribution in [0.15, 0.2) is 53.5 Å². The smallest absolute Gasteiger partial charge is 0.191 e. The molecule has 138 valence electrons. The Balaban J connectivity index is 1.57. The van der Waals surface area contributed by atoms with Gasteiger partial charge in [0, 0.05) is 44.0 Å². The third-order valence-electron chi connectivity index (χ3n) is 4.63. The Kier molecular flexibility index (Phi) is 6.36. The first-order chi connectivity index (χ1) is 12.7. The molecule has 0 spiro atoms. The van der Waals surface area contributed by atoms with Crippen molar-refractivity contribution in [3.8, 4) is 0 Å². The molecule has 1 fully saturated rings. The number of nitrogens with zero attached hydrogens (tertiary/aromatic N) is 3. The molecule has 2 aromatic carbocycles. The van der Waals surface area contributed by atoms with E-state index in [9.17, 15) is 0 Å². The maximum atomic E-state index is 6.23. The molecule has 2 N–H and O–H groups in total. The van der Waals surface area contributed by atoms with E-state index in [1.807, 2.05) is 24.3 Å². The first kappa shape index (κ1) is 18.5. The van der Waals surface area contributed by atoms with E-state index in [0.717, 1.165) is 42.3 Å². The minimum atomic E-state index is 0.572. The predicted octanol–water partition coefficient (Wildman–Crippen LogP) is 3.12. The molecule has 0 aromatic heterocycles. The normalized spacial score (nSPS) is 15.4. The van der Waals surface area contributed by atoms with Gasteiger partial charge in [0.15, 0.2) is 5.96 Å². The van der Waals surface area contributed by atoms with E-state index in [1.165, 1.54) is 5.69 Å². The van der Waals surface area contributed by atoms with Gasteiger partial charge in [-0.3, -0.25) is 0 Å². The van der Waals surface area contributed by atoms with Gasteiger partial charge in [-0.1, -0.05) is 35.9 Å². The lowest BCUT2D eigenvalue weighted by Gasteiger charge is -2.36. The van der Waals surface area contributed by atoms with E-state index < -0.39 is 0 Å². The fourth-order valence-electron chi connectivity index (χ4n) is 3.12. The highest BCUT2D eigenvalue weighted by Crippen LogP contribution is 2.19. The van der Waals surface area contributed by atoms with Crippen molar-refractivity contribution in [1.82, 2.24) is 4.90 Å². The summed E-state index contributed by atoms with van der Waals surface area (Å²) in [4.78, 5) is 9.08. The average Bonchev–Trinajstić information content (AvgIpc) is 2.68. The summed E-state index contributed by atoms with van der Waals surface area (Å²) in [7, 11) is 1.70. The topological polar surface area (TPSA) is 54.1 Å². The monoisotopic (exact) mass is 372 g/mol. The molecular weight excluding hydrogens is 348 g/mol. The molecule has 0 bridgehead atoms. The second kappa shape index (κ2) is 8.92. The third kappa shape index (κ3) is 4.68. The van der Waals surface area contributed by atoms with Crippen LogP contribution < -0.4 is 10.6 Å². The van der Waals surface area contributed by atoms with Gasteiger partial charge in [0.05, 0.1) is 13.2 Å². The van der Waals surface area contributed by atoms with E-state index in [1.54, 1.807) is 7.11 Å². The lowest BCUT2D eigenvalue weighted by atomic mass is 10.1. The zero-order valence-corrected chi connectivity index (χ0v) is 15.8. The molecule has 1 saturated heterocycles. The molecular formula is C20H25ClN4O. The van der Waals surface area contributed by atoms with Crippen molar-refractivity contribution in [2.45, 2.75) is 13.2 Å². The van der Waals surface area contributed by atoms with Gasteiger partial charge >= 0.3 is 0 Å². The molecule has 6 heteroatoms. The van der Waals surface area contributed by atoms with Crippen molar-refractivity contribution in [3.05, 3.63) is 64.7 Å². The molecule has 5 nitrogen and oxygen atoms in total. The molecule has 0 atom stereocenters. The van der Waals surface area contributed by atoms with Crippen LogP contribution in [0.25, 0.3) is 0 Å². The van der Waals surface area contributed by atoms with E-state index in [2.05, 4.69) is 39.1 Å². The number of halogens is 1. The van der Waals surface area contributed by atoms with Gasteiger partial charge < -0.3 is 20.3 Å². The summed E-state index contributed by atoms with van der Waals surface area (Å²) >= 11 is 5.96. The summed E-state index contributed by atoms with van der Waals surface area (Å²) in [5.41, 5.74) is 9.73. The molecule has 1 aliphatic heterocycles. The lowest BCUT2D eigenvalue weighted by molar-refractivity contribution is 0.184. The van der Waals surface area contributed by atoms with Gasteiger partial charge in [-0.05, 0) is 35.4 Å². The van der Waals surface area contributed by atoms with Gasteiger partial charge in [0.25, 0.3) is 0 Å². The predicted molar refractivity (Wildman–Crippen MR) is 108 cm³/mol. The summed E-state index contributed by atoms with van der Waals surface area (Å²) in [5, 5.41) is 0.762. The standard InChI is InChI=1S/C20H25ClN4O/c1-26-15-17-5-3-2-4-16(17)14-23-20(22)25-12-10-24(11-13-25)19-8-6-18(21)7-9-19/h2-9H,10-15H2,1H3,(H2,22,23). The summed E-state index contributed by atoms with van der Waals surface area (Å²) in [6.45, 7) is 4.71. The van der Waals surface area contributed by atoms with Gasteiger partial charge in [-0.25, -0.2) is 4.99 Å². The first-order valence-electron chi connectivity index (χ1n) is 8.78. The van der Waals surface area contributed by atoms with Crippen molar-refractivity contribution in [2.24, 2.45) is 10.7 Å². The zero-order chi connectivity index (χ0) is 18.4. The largest absolute Gasteiger partial charge is 0.380 e. The van der Waals surface area contributed by atoms with E-state index in [4.69, 9.17) is 22.1 Å². The van der Waals surface area contributed by atoms with Crippen LogP contribution in [0.1, 0.15) is 11.1 Å². The van der Waals surface area contributed by atoms with Crippen molar-refractivity contribution in [3.63, 3.8) is 0 Å². The van der Waals surface area contributed by atoms with E-state index in [0.29, 0.717) is 19.1 Å². The first-order valence-corrected chi connectivity index (χ1v) is 9.16. The fourth-order valence-corrected chi connectivity index (χ4v) is 3.25. The number of methoxy groups -OCH3 is 1. The van der Waals surface area contributed by atoms with Crippen LogP contribution in [0.2, 0.25) is 5.02 Å². The SMILES string of the molecule is COCc1ccccc1CN=C(N)N1CCN(c2ccc(Cl)cc2)CC1. The molecule has 0 radical (unpaired) electrons. The number of anilines is 1. The maximum Gasteiger partial charge on any atom is 0.191 e. The second-order valence-corrected chi connectivity index (χ2v) is 6.76. The second-order valence-electron chi connectivity index (χ2n) is 6.33. The number of nitrogens with two attached hydrogens (primary N) is 1. The fraction of sp³-hybridized carbons (Fsp3) is 0.350. The highest BCUT2D eigenvalue weighted by molar-refractivity contribution is 6.30. The molecule has 1 aliphatic rings. The molecule has 1 heterocycles. The van der Waals surface area contributed by atoms with Crippen LogP contribution in [0.3, 0.4) is 0 Å². The molecule has 0 amide bonds. The summed E-state index contributed by atoms with van der Waals surface area (Å²) in [6, 6.07) is 16.1. The summed E-state index contributed by atoms with van der Waals surface area (Å²) in [5.74, 6) is 0.605. The number of guanidine groups is 1. The van der Waals surface area contributed by atoms with Crippen molar-refractivity contribution in [1.29, 1.82) is 0 Å². The number of hydrogen-bond acceptors (Lipinski definition) is 3. The molecule has 0 aliphatic carbocycles. The summed E-state index contributed by atoms with van der Waals surface area (Å²) in [6.07, 6.45) is 0. The van der Waals surface area contributed by atoms with Crippen LogP contribution in [0.4, 0.5) is 5.69 Å². The van der Waals surface area contributed by atoms with Gasteiger partial charge in [0.1, 0.15) is 0 Å². The van der Waals surface area contributed by atoms with Crippen LogP contribution in [-0.4, -0.2) is 44.1 Å². The minimum Gasteiger partial charge on any atom is -0.380 e. The quantitative estimate of drug-likeness (QED) is 0.647. The van der Waals surface area contributed by atoms with Gasteiger partial charge in [0.2, 0.25) is 0 Å². The lowest BCUT2D eigenvalue weighted by Crippen LogP contribution is -2.51. The maximum absolute atomic E-state index is 6.23. The van der Waals surface area contributed by atoms with E-state index in [-0.39, 0.29) is 0 Å². The molecule has 2 aromatic rings. The third-order valence-corrected chi connectivity index (χ3v) is 4.88. The molecule has 0 saturated carbocycles. The Morgan fingerprint density at radius 2 is 1.69 bits per heavy atom. The summed E-state index contributed by atoms with van der Waals surface area (Å²) < 4.78 is 5.25. The number of hydrogen-bond donors (Lipinski definition) is 1. The Labute approximate surface area is 160 Å². The zero-order valence-electron chi connectivity index (χ0n) is 15.1. The van der Waals surface area contributed by atoms with Crippen LogP contribution in [0.5, 0.6) is 0 Å². The van der Waals surface area contributed by atoms with Crippen molar-refractivity contribution >= 4 is 23.2 Å². The highest BCUT2D eigenvalue weighted by Gasteiger charge is 2.18. The number of aliphatic imine (C=N–C) groups is 1. The average molecular weight is 373 g/mol. The highest BCUT2D eigenvalue weighted by atomic mass is 35.5. The van der Waals surface area contributed by atoms with Crippen LogP contribution in [-0.2, 0) is 17.9 Å². The molecule has 0 unspecified atom stereocenters. The number of rotatable bonds is 5. The Hall–Kier alpha value is -2.24. The van der Waals surface area contributed by atoms with Gasteiger partial charge in [-0.2, -0.15) is 0 Å².